The zero-order valence-electron chi connectivity index (χ0n) is 11.5. The van der Waals surface area contributed by atoms with Gasteiger partial charge in [0.25, 0.3) is 5.56 Å². The molecule has 0 unspecified atom stereocenters. The van der Waals surface area contributed by atoms with Gasteiger partial charge in [0, 0.05) is 16.3 Å². The third-order valence-electron chi connectivity index (χ3n) is 3.52. The van der Waals surface area contributed by atoms with E-state index in [0.29, 0.717) is 11.3 Å². The van der Waals surface area contributed by atoms with Crippen molar-refractivity contribution < 1.29 is 0 Å². The molecule has 0 saturated carbocycles. The average Bonchev–Trinajstić information content (AvgIpc) is 2.94. The average molecular weight is 357 g/mol. The Morgan fingerprint density at radius 3 is 2.76 bits per heavy atom. The van der Waals surface area contributed by atoms with E-state index in [1.165, 1.54) is 11.3 Å². The zero-order valence-corrected chi connectivity index (χ0v) is 14.7. The first-order valence-electron chi connectivity index (χ1n) is 6.44. The van der Waals surface area contributed by atoms with Crippen molar-refractivity contribution in [2.24, 2.45) is 0 Å². The summed E-state index contributed by atoms with van der Waals surface area (Å²) in [4.78, 5) is 19.0. The normalized spacial score (nSPS) is 11.4. The van der Waals surface area contributed by atoms with E-state index >= 15 is 0 Å². The molecule has 0 atom stereocenters. The largest absolute Gasteiger partial charge is 0.323 e. The van der Waals surface area contributed by atoms with Crippen LogP contribution in [0.25, 0.3) is 10.2 Å². The number of H-pyrrole nitrogens is 1. The number of nitrogens with zero attached hydrogens (tertiary/aromatic N) is 1. The minimum atomic E-state index is -0.00162. The van der Waals surface area contributed by atoms with E-state index in [4.69, 9.17) is 23.8 Å². The molecule has 0 aliphatic rings. The number of aryl methyl sites for hydroxylation is 3. The lowest BCUT2D eigenvalue weighted by Gasteiger charge is -2.05. The highest BCUT2D eigenvalue weighted by molar-refractivity contribution is 7.71. The van der Waals surface area contributed by atoms with Crippen molar-refractivity contribution in [3.63, 3.8) is 0 Å². The van der Waals surface area contributed by atoms with Crippen LogP contribution in [0.2, 0.25) is 4.34 Å². The predicted octanol–water partition coefficient (Wildman–Crippen LogP) is 4.70. The standard InChI is InChI=1S/C14H13ClN2OS3/c1-7-8(2)20-12-11(7)13(18)17(14(19)16-12)6-5-9-3-4-10(15)21-9/h3-4H,5-6H2,1-2H3,(H,16,19). The molecule has 21 heavy (non-hydrogen) atoms. The van der Waals surface area contributed by atoms with Crippen molar-refractivity contribution in [1.29, 1.82) is 0 Å². The molecule has 0 spiro atoms. The number of fused-ring (bicyclic) bond motifs is 1. The summed E-state index contributed by atoms with van der Waals surface area (Å²) in [5, 5.41) is 0.760. The van der Waals surface area contributed by atoms with Crippen molar-refractivity contribution in [3.8, 4) is 0 Å². The van der Waals surface area contributed by atoms with Crippen molar-refractivity contribution in [1.82, 2.24) is 9.55 Å². The monoisotopic (exact) mass is 356 g/mol. The third kappa shape index (κ3) is 2.73. The van der Waals surface area contributed by atoms with Crippen molar-refractivity contribution in [2.45, 2.75) is 26.8 Å². The van der Waals surface area contributed by atoms with Crippen LogP contribution < -0.4 is 5.56 Å². The Bertz CT molecular complexity index is 932. The van der Waals surface area contributed by atoms with Gasteiger partial charge in [-0.25, -0.2) is 0 Å². The smallest absolute Gasteiger partial charge is 0.263 e. The van der Waals surface area contributed by atoms with E-state index in [1.807, 2.05) is 26.0 Å². The maximum Gasteiger partial charge on any atom is 0.263 e. The molecule has 7 heteroatoms. The summed E-state index contributed by atoms with van der Waals surface area (Å²) in [6.07, 6.45) is 0.752. The lowest BCUT2D eigenvalue weighted by atomic mass is 10.2. The summed E-state index contributed by atoms with van der Waals surface area (Å²) in [6.45, 7) is 4.57. The van der Waals surface area contributed by atoms with Crippen LogP contribution in [0.1, 0.15) is 15.3 Å². The topological polar surface area (TPSA) is 37.8 Å². The van der Waals surface area contributed by atoms with E-state index in [2.05, 4.69) is 4.98 Å². The minimum absolute atomic E-state index is 0.00162. The van der Waals surface area contributed by atoms with Crippen LogP contribution in [0.3, 0.4) is 0 Å². The summed E-state index contributed by atoms with van der Waals surface area (Å²) in [5.74, 6) is 0. The van der Waals surface area contributed by atoms with Gasteiger partial charge < -0.3 is 4.98 Å². The van der Waals surface area contributed by atoms with E-state index < -0.39 is 0 Å². The van der Waals surface area contributed by atoms with Gasteiger partial charge in [-0.3, -0.25) is 9.36 Å². The maximum atomic E-state index is 12.7. The second kappa shape index (κ2) is 5.68. The molecule has 0 amide bonds. The van der Waals surface area contributed by atoms with Crippen LogP contribution in [0.5, 0.6) is 0 Å². The van der Waals surface area contributed by atoms with Crippen LogP contribution in [0.4, 0.5) is 0 Å². The van der Waals surface area contributed by atoms with Crippen molar-refractivity contribution in [2.75, 3.05) is 0 Å². The molecule has 110 valence electrons. The molecule has 0 bridgehead atoms. The Hall–Kier alpha value is -0.950. The maximum absolute atomic E-state index is 12.7. The molecule has 0 aliphatic heterocycles. The Morgan fingerprint density at radius 2 is 2.10 bits per heavy atom. The molecule has 0 fully saturated rings. The van der Waals surface area contributed by atoms with Gasteiger partial charge >= 0.3 is 0 Å². The van der Waals surface area contributed by atoms with Gasteiger partial charge in [-0.05, 0) is 50.2 Å². The van der Waals surface area contributed by atoms with Crippen molar-refractivity contribution in [3.05, 3.63) is 46.9 Å². The van der Waals surface area contributed by atoms with E-state index in [9.17, 15) is 4.79 Å². The van der Waals surface area contributed by atoms with E-state index in [1.54, 1.807) is 15.9 Å². The van der Waals surface area contributed by atoms with Crippen LogP contribution in [-0.2, 0) is 13.0 Å². The number of thiophene rings is 2. The molecule has 0 radical (unpaired) electrons. The van der Waals surface area contributed by atoms with Gasteiger partial charge in [0.15, 0.2) is 4.77 Å². The van der Waals surface area contributed by atoms with Gasteiger partial charge in [0.2, 0.25) is 0 Å². The molecular formula is C14H13ClN2OS3. The Labute approximate surface area is 139 Å². The molecule has 1 N–H and O–H groups in total. The molecule has 3 aromatic rings. The number of aromatic nitrogens is 2. The van der Waals surface area contributed by atoms with Crippen LogP contribution >= 0.6 is 46.5 Å². The quantitative estimate of drug-likeness (QED) is 0.691. The van der Waals surface area contributed by atoms with E-state index in [0.717, 1.165) is 36.3 Å². The van der Waals surface area contributed by atoms with Crippen LogP contribution in [0.15, 0.2) is 16.9 Å². The highest BCUT2D eigenvalue weighted by atomic mass is 35.5. The molecule has 3 nitrogen and oxygen atoms in total. The zero-order chi connectivity index (χ0) is 15.1. The van der Waals surface area contributed by atoms with Crippen LogP contribution in [0, 0.1) is 18.6 Å². The number of hydrogen-bond acceptors (Lipinski definition) is 4. The van der Waals surface area contributed by atoms with Gasteiger partial charge in [0.05, 0.1) is 9.72 Å². The van der Waals surface area contributed by atoms with Gasteiger partial charge in [-0.2, -0.15) is 0 Å². The van der Waals surface area contributed by atoms with Gasteiger partial charge in [-0.1, -0.05) is 11.6 Å². The van der Waals surface area contributed by atoms with Gasteiger partial charge in [-0.15, -0.1) is 22.7 Å². The predicted molar refractivity (Wildman–Crippen MR) is 93.8 cm³/mol. The fourth-order valence-corrected chi connectivity index (χ4v) is 4.74. The fourth-order valence-electron chi connectivity index (χ4n) is 2.28. The fraction of sp³-hybridized carbons (Fsp3) is 0.286. The highest BCUT2D eigenvalue weighted by Gasteiger charge is 2.12. The molecule has 3 aromatic heterocycles. The highest BCUT2D eigenvalue weighted by Crippen LogP contribution is 2.26. The number of rotatable bonds is 3. The summed E-state index contributed by atoms with van der Waals surface area (Å²) in [5.41, 5.74) is 1.04. The Balaban J connectivity index is 2.04. The first-order chi connectivity index (χ1) is 9.97. The van der Waals surface area contributed by atoms with E-state index in [-0.39, 0.29) is 5.56 Å². The molecule has 3 rings (SSSR count). The first-order valence-corrected chi connectivity index (χ1v) is 8.86. The molecule has 3 heterocycles. The summed E-state index contributed by atoms with van der Waals surface area (Å²) in [6, 6.07) is 3.87. The third-order valence-corrected chi connectivity index (χ3v) is 6.26. The number of nitrogens with one attached hydrogen (secondary N) is 1. The number of halogens is 1. The second-order valence-corrected chi connectivity index (χ2v) is 8.24. The molecule has 0 aromatic carbocycles. The van der Waals surface area contributed by atoms with Crippen molar-refractivity contribution >= 4 is 56.7 Å². The first kappa shape index (κ1) is 15.0. The summed E-state index contributed by atoms with van der Waals surface area (Å²) < 4.78 is 2.89. The molecule has 0 saturated heterocycles. The molecular weight excluding hydrogens is 344 g/mol. The summed E-state index contributed by atoms with van der Waals surface area (Å²) >= 11 is 14.4. The number of aromatic amines is 1. The number of hydrogen-bond donors (Lipinski definition) is 1. The minimum Gasteiger partial charge on any atom is -0.323 e. The summed E-state index contributed by atoms with van der Waals surface area (Å²) in [7, 11) is 0. The lowest BCUT2D eigenvalue weighted by Crippen LogP contribution is -2.23. The molecule has 0 aliphatic carbocycles. The Morgan fingerprint density at radius 1 is 1.33 bits per heavy atom. The second-order valence-electron chi connectivity index (χ2n) is 4.83. The Kier molecular flexibility index (Phi) is 4.05. The SMILES string of the molecule is Cc1sc2[nH]c(=S)n(CCc3ccc(Cl)s3)c(=O)c2c1C. The van der Waals surface area contributed by atoms with Crippen LogP contribution in [-0.4, -0.2) is 9.55 Å². The van der Waals surface area contributed by atoms with Gasteiger partial charge in [0.1, 0.15) is 4.83 Å². The lowest BCUT2D eigenvalue weighted by molar-refractivity contribution is 0.657.